The number of benzene rings is 2. The van der Waals surface area contributed by atoms with Crippen LogP contribution in [0.5, 0.6) is 5.75 Å². The van der Waals surface area contributed by atoms with E-state index in [1.807, 2.05) is 42.5 Å². The van der Waals surface area contributed by atoms with E-state index in [2.05, 4.69) is 10.2 Å². The van der Waals surface area contributed by atoms with Crippen LogP contribution in [0.2, 0.25) is 0 Å². The molecule has 2 aromatic rings. The van der Waals surface area contributed by atoms with Crippen LogP contribution in [0, 0.1) is 11.8 Å². The van der Waals surface area contributed by atoms with Crippen LogP contribution >= 0.6 is 0 Å². The van der Waals surface area contributed by atoms with Gasteiger partial charge in [0.15, 0.2) is 0 Å². The molecular formula is C22H26N2O3. The maximum atomic E-state index is 12.7. The Hall–Kier alpha value is -2.37. The van der Waals surface area contributed by atoms with Crippen LogP contribution in [0.1, 0.15) is 18.4 Å². The number of fused-ring (bicyclic) bond motifs is 3. The highest BCUT2D eigenvalue weighted by molar-refractivity contribution is 5.93. The van der Waals surface area contributed by atoms with Gasteiger partial charge in [0, 0.05) is 17.8 Å². The van der Waals surface area contributed by atoms with Crippen molar-refractivity contribution < 1.29 is 14.6 Å². The number of piperidine rings is 3. The maximum Gasteiger partial charge on any atom is 0.229 e. The highest BCUT2D eigenvalue weighted by atomic mass is 16.5. The topological polar surface area (TPSA) is 61.8 Å². The molecule has 5 rings (SSSR count). The van der Waals surface area contributed by atoms with Crippen molar-refractivity contribution in [2.75, 3.05) is 32.1 Å². The van der Waals surface area contributed by atoms with Gasteiger partial charge in [-0.05, 0) is 61.2 Å². The number of amides is 1. The molecule has 3 aliphatic heterocycles. The summed E-state index contributed by atoms with van der Waals surface area (Å²) in [7, 11) is 1.60. The zero-order chi connectivity index (χ0) is 18.8. The summed E-state index contributed by atoms with van der Waals surface area (Å²) in [5.41, 5.74) is 3.65. The Kier molecular flexibility index (Phi) is 5.14. The summed E-state index contributed by atoms with van der Waals surface area (Å²) < 4.78 is 5.35. The standard InChI is InChI=1S/C22H26N2O3/c1-27-21-12-17(2-3-18(21)14-25)15-4-6-19(7-5-15)23-22(26)20-13-24-10-8-16(20)9-11-24/h2-7,12,16,20,25H,8-11,13-14H2,1H3,(H,23,26). The van der Waals surface area contributed by atoms with Crippen molar-refractivity contribution in [2.45, 2.75) is 19.4 Å². The number of hydrogen-bond acceptors (Lipinski definition) is 4. The van der Waals surface area contributed by atoms with Gasteiger partial charge in [-0.25, -0.2) is 0 Å². The molecule has 5 nitrogen and oxygen atoms in total. The zero-order valence-corrected chi connectivity index (χ0v) is 15.6. The summed E-state index contributed by atoms with van der Waals surface area (Å²) in [5.74, 6) is 1.47. The summed E-state index contributed by atoms with van der Waals surface area (Å²) >= 11 is 0. The Bertz CT molecular complexity index is 811. The third-order valence-electron chi connectivity index (χ3n) is 5.94. The van der Waals surface area contributed by atoms with Gasteiger partial charge in [-0.3, -0.25) is 4.79 Å². The third-order valence-corrected chi connectivity index (χ3v) is 5.94. The minimum absolute atomic E-state index is 0.0476. The number of aliphatic hydroxyl groups is 1. The smallest absolute Gasteiger partial charge is 0.229 e. The number of hydrogen-bond donors (Lipinski definition) is 2. The number of ether oxygens (including phenoxy) is 1. The van der Waals surface area contributed by atoms with Crippen LogP contribution in [0.15, 0.2) is 42.5 Å². The molecule has 1 amide bonds. The summed E-state index contributed by atoms with van der Waals surface area (Å²) in [4.78, 5) is 15.1. The van der Waals surface area contributed by atoms with Crippen LogP contribution in [0.25, 0.3) is 11.1 Å². The van der Waals surface area contributed by atoms with Gasteiger partial charge >= 0.3 is 0 Å². The van der Waals surface area contributed by atoms with Crippen LogP contribution in [-0.2, 0) is 11.4 Å². The van der Waals surface area contributed by atoms with E-state index >= 15 is 0 Å². The molecule has 2 aromatic carbocycles. The van der Waals surface area contributed by atoms with E-state index in [4.69, 9.17) is 4.74 Å². The molecule has 1 atom stereocenters. The fourth-order valence-corrected chi connectivity index (χ4v) is 4.30. The summed E-state index contributed by atoms with van der Waals surface area (Å²) in [5, 5.41) is 12.4. The molecule has 0 radical (unpaired) electrons. The van der Waals surface area contributed by atoms with Crippen molar-refractivity contribution in [3.63, 3.8) is 0 Å². The van der Waals surface area contributed by atoms with E-state index in [1.165, 1.54) is 0 Å². The number of rotatable bonds is 5. The lowest BCUT2D eigenvalue weighted by Crippen LogP contribution is -2.51. The fraction of sp³-hybridized carbons (Fsp3) is 0.409. The summed E-state index contributed by atoms with van der Waals surface area (Å²) in [6.07, 6.45) is 2.28. The average molecular weight is 366 g/mol. The molecule has 0 spiro atoms. The lowest BCUT2D eigenvalue weighted by atomic mass is 9.78. The number of anilines is 1. The molecule has 0 aromatic heterocycles. The van der Waals surface area contributed by atoms with Crippen molar-refractivity contribution in [3.8, 4) is 16.9 Å². The van der Waals surface area contributed by atoms with E-state index in [9.17, 15) is 9.90 Å². The first kappa shape index (κ1) is 18.0. The number of nitrogens with zero attached hydrogens (tertiary/aromatic N) is 1. The SMILES string of the molecule is COc1cc(-c2ccc(NC(=O)C3CN4CCC3CC4)cc2)ccc1CO. The number of carbonyl (C=O) groups excluding carboxylic acids is 1. The van der Waals surface area contributed by atoms with Crippen molar-refractivity contribution >= 4 is 11.6 Å². The predicted molar refractivity (Wildman–Crippen MR) is 106 cm³/mol. The molecule has 0 saturated carbocycles. The monoisotopic (exact) mass is 366 g/mol. The largest absolute Gasteiger partial charge is 0.496 e. The molecule has 5 heteroatoms. The van der Waals surface area contributed by atoms with E-state index < -0.39 is 0 Å². The van der Waals surface area contributed by atoms with Gasteiger partial charge in [0.2, 0.25) is 5.91 Å². The van der Waals surface area contributed by atoms with E-state index in [0.29, 0.717) is 11.7 Å². The van der Waals surface area contributed by atoms with Crippen LogP contribution in [0.3, 0.4) is 0 Å². The number of nitrogens with one attached hydrogen (secondary N) is 1. The highest BCUT2D eigenvalue weighted by Crippen LogP contribution is 2.33. The van der Waals surface area contributed by atoms with Gasteiger partial charge in [0.05, 0.1) is 19.6 Å². The van der Waals surface area contributed by atoms with E-state index in [1.54, 1.807) is 7.11 Å². The summed E-state index contributed by atoms with van der Waals surface area (Å²) in [6.45, 7) is 3.13. The second kappa shape index (κ2) is 7.71. The summed E-state index contributed by atoms with van der Waals surface area (Å²) in [6, 6.07) is 13.7. The van der Waals surface area contributed by atoms with Gasteiger partial charge < -0.3 is 20.1 Å². The first-order valence-corrected chi connectivity index (χ1v) is 9.59. The number of methoxy groups -OCH3 is 1. The molecule has 27 heavy (non-hydrogen) atoms. The maximum absolute atomic E-state index is 12.7. The first-order chi connectivity index (χ1) is 13.2. The van der Waals surface area contributed by atoms with Gasteiger partial charge in [0.1, 0.15) is 5.75 Å². The molecule has 1 unspecified atom stereocenters. The zero-order valence-electron chi connectivity index (χ0n) is 15.6. The highest BCUT2D eigenvalue weighted by Gasteiger charge is 2.38. The fourth-order valence-electron chi connectivity index (χ4n) is 4.30. The Labute approximate surface area is 160 Å². The quantitative estimate of drug-likeness (QED) is 0.853. The molecule has 3 aliphatic rings. The van der Waals surface area contributed by atoms with Crippen molar-refractivity contribution in [1.29, 1.82) is 0 Å². The molecular weight excluding hydrogens is 340 g/mol. The second-order valence-electron chi connectivity index (χ2n) is 7.50. The Balaban J connectivity index is 1.45. The molecule has 3 heterocycles. The van der Waals surface area contributed by atoms with Gasteiger partial charge in [-0.2, -0.15) is 0 Å². The Morgan fingerprint density at radius 3 is 2.44 bits per heavy atom. The molecule has 3 fully saturated rings. The third kappa shape index (κ3) is 3.70. The van der Waals surface area contributed by atoms with E-state index in [0.717, 1.165) is 54.9 Å². The van der Waals surface area contributed by atoms with Gasteiger partial charge in [-0.1, -0.05) is 24.3 Å². The Morgan fingerprint density at radius 2 is 1.85 bits per heavy atom. The van der Waals surface area contributed by atoms with Crippen LogP contribution in [0.4, 0.5) is 5.69 Å². The van der Waals surface area contributed by atoms with Crippen LogP contribution < -0.4 is 10.1 Å². The Morgan fingerprint density at radius 1 is 1.15 bits per heavy atom. The first-order valence-electron chi connectivity index (χ1n) is 9.59. The van der Waals surface area contributed by atoms with E-state index in [-0.39, 0.29) is 18.4 Å². The molecule has 142 valence electrons. The second-order valence-corrected chi connectivity index (χ2v) is 7.50. The van der Waals surface area contributed by atoms with Crippen LogP contribution in [-0.4, -0.2) is 42.7 Å². The number of carbonyl (C=O) groups is 1. The lowest BCUT2D eigenvalue weighted by Gasteiger charge is -2.43. The van der Waals surface area contributed by atoms with Crippen molar-refractivity contribution in [1.82, 2.24) is 4.90 Å². The molecule has 2 bridgehead atoms. The molecule has 2 N–H and O–H groups in total. The molecule has 0 aliphatic carbocycles. The minimum Gasteiger partial charge on any atom is -0.496 e. The molecule has 3 saturated heterocycles. The average Bonchev–Trinajstić information content (AvgIpc) is 2.74. The number of aliphatic hydroxyl groups excluding tert-OH is 1. The predicted octanol–water partition coefficient (Wildman–Crippen LogP) is 3.13. The van der Waals surface area contributed by atoms with Crippen molar-refractivity contribution in [3.05, 3.63) is 48.0 Å². The van der Waals surface area contributed by atoms with Gasteiger partial charge in [-0.15, -0.1) is 0 Å². The van der Waals surface area contributed by atoms with Crippen molar-refractivity contribution in [2.24, 2.45) is 11.8 Å². The minimum atomic E-state index is -0.0476. The van der Waals surface area contributed by atoms with Gasteiger partial charge in [0.25, 0.3) is 0 Å². The lowest BCUT2D eigenvalue weighted by molar-refractivity contribution is -0.125. The normalized spacial score (nSPS) is 23.9.